The minimum absolute atomic E-state index is 0.117. The van der Waals surface area contributed by atoms with Crippen molar-refractivity contribution < 1.29 is 4.79 Å². The first kappa shape index (κ1) is 12.9. The molecular formula is C12H11Cl2N3O. The molecule has 1 aromatic heterocycles. The molecule has 1 aromatic carbocycles. The van der Waals surface area contributed by atoms with Gasteiger partial charge in [-0.05, 0) is 18.6 Å². The predicted octanol–water partition coefficient (Wildman–Crippen LogP) is 3.29. The first-order valence-corrected chi connectivity index (χ1v) is 6.13. The van der Waals surface area contributed by atoms with E-state index in [0.717, 1.165) is 5.69 Å². The van der Waals surface area contributed by atoms with Crippen molar-refractivity contribution in [3.8, 4) is 0 Å². The average Bonchev–Trinajstić information content (AvgIpc) is 2.86. The third-order valence-electron chi connectivity index (χ3n) is 2.40. The third-order valence-corrected chi connectivity index (χ3v) is 3.22. The van der Waals surface area contributed by atoms with E-state index >= 15 is 0 Å². The number of H-pyrrole nitrogens is 1. The Morgan fingerprint density at radius 3 is 2.94 bits per heavy atom. The van der Waals surface area contributed by atoms with Gasteiger partial charge < -0.3 is 10.3 Å². The third kappa shape index (κ3) is 3.24. The summed E-state index contributed by atoms with van der Waals surface area (Å²) in [5, 5.41) is 3.50. The van der Waals surface area contributed by atoms with Gasteiger partial charge in [-0.25, -0.2) is 4.98 Å². The molecule has 1 amide bonds. The van der Waals surface area contributed by atoms with Gasteiger partial charge in [-0.1, -0.05) is 29.3 Å². The Bertz CT molecular complexity index is 540. The van der Waals surface area contributed by atoms with Crippen LogP contribution in [0.5, 0.6) is 0 Å². The lowest BCUT2D eigenvalue weighted by Crippen LogP contribution is -2.12. The number of benzene rings is 1. The van der Waals surface area contributed by atoms with E-state index in [1.807, 2.05) is 0 Å². The van der Waals surface area contributed by atoms with E-state index < -0.39 is 0 Å². The first-order valence-electron chi connectivity index (χ1n) is 5.38. The number of aromatic nitrogens is 2. The Morgan fingerprint density at radius 1 is 1.39 bits per heavy atom. The highest BCUT2D eigenvalue weighted by atomic mass is 35.5. The van der Waals surface area contributed by atoms with Crippen molar-refractivity contribution in [2.45, 2.75) is 12.8 Å². The summed E-state index contributed by atoms with van der Waals surface area (Å²) in [6.45, 7) is 0. The van der Waals surface area contributed by atoms with E-state index in [9.17, 15) is 4.79 Å². The van der Waals surface area contributed by atoms with Crippen molar-refractivity contribution in [1.82, 2.24) is 9.97 Å². The molecule has 0 aliphatic carbocycles. The second-order valence-electron chi connectivity index (χ2n) is 3.73. The molecule has 18 heavy (non-hydrogen) atoms. The number of nitrogens with one attached hydrogen (secondary N) is 2. The monoisotopic (exact) mass is 283 g/mol. The number of rotatable bonds is 4. The number of carbonyl (C=O) groups excluding carboxylic acids is 1. The molecule has 0 atom stereocenters. The zero-order valence-electron chi connectivity index (χ0n) is 9.41. The topological polar surface area (TPSA) is 57.8 Å². The summed E-state index contributed by atoms with van der Waals surface area (Å²) in [7, 11) is 0. The highest BCUT2D eigenvalue weighted by Gasteiger charge is 2.08. The van der Waals surface area contributed by atoms with Crippen molar-refractivity contribution in [3.63, 3.8) is 0 Å². The summed E-state index contributed by atoms with van der Waals surface area (Å²) >= 11 is 11.8. The fourth-order valence-electron chi connectivity index (χ4n) is 1.48. The van der Waals surface area contributed by atoms with Gasteiger partial charge in [0, 0.05) is 18.3 Å². The number of halogens is 2. The zero-order chi connectivity index (χ0) is 13.0. The fourth-order valence-corrected chi connectivity index (χ4v) is 1.83. The van der Waals surface area contributed by atoms with Gasteiger partial charge in [0.05, 0.1) is 22.1 Å². The van der Waals surface area contributed by atoms with Crippen LogP contribution in [-0.4, -0.2) is 15.9 Å². The lowest BCUT2D eigenvalue weighted by atomic mass is 10.2. The summed E-state index contributed by atoms with van der Waals surface area (Å²) < 4.78 is 0. The van der Waals surface area contributed by atoms with Gasteiger partial charge in [0.1, 0.15) is 0 Å². The van der Waals surface area contributed by atoms with E-state index in [1.165, 1.54) is 0 Å². The maximum absolute atomic E-state index is 11.7. The molecule has 0 spiro atoms. The SMILES string of the molecule is O=C(CCc1cnc[nH]1)Nc1cccc(Cl)c1Cl. The lowest BCUT2D eigenvalue weighted by molar-refractivity contribution is -0.116. The number of amides is 1. The van der Waals surface area contributed by atoms with Gasteiger partial charge in [0.25, 0.3) is 0 Å². The van der Waals surface area contributed by atoms with Crippen LogP contribution in [0.15, 0.2) is 30.7 Å². The summed E-state index contributed by atoms with van der Waals surface area (Å²) in [6.07, 6.45) is 4.23. The van der Waals surface area contributed by atoms with Crippen LogP contribution in [0.4, 0.5) is 5.69 Å². The quantitative estimate of drug-likeness (QED) is 0.905. The minimum atomic E-state index is -0.117. The van der Waals surface area contributed by atoms with Crippen molar-refractivity contribution in [2.24, 2.45) is 0 Å². The maximum Gasteiger partial charge on any atom is 0.224 e. The number of aryl methyl sites for hydroxylation is 1. The first-order chi connectivity index (χ1) is 8.66. The number of imidazole rings is 1. The van der Waals surface area contributed by atoms with Gasteiger partial charge in [-0.3, -0.25) is 4.79 Å². The van der Waals surface area contributed by atoms with Crippen LogP contribution in [0.1, 0.15) is 12.1 Å². The van der Waals surface area contributed by atoms with Gasteiger partial charge in [0.2, 0.25) is 5.91 Å². The number of hydrogen-bond donors (Lipinski definition) is 2. The Kier molecular flexibility index (Phi) is 4.23. The number of nitrogens with zero attached hydrogens (tertiary/aromatic N) is 1. The zero-order valence-corrected chi connectivity index (χ0v) is 10.9. The van der Waals surface area contributed by atoms with E-state index in [2.05, 4.69) is 15.3 Å². The second kappa shape index (κ2) is 5.89. The fraction of sp³-hybridized carbons (Fsp3) is 0.167. The standard InChI is InChI=1S/C12H11Cl2N3O/c13-9-2-1-3-10(12(9)14)17-11(18)5-4-8-6-15-7-16-8/h1-3,6-7H,4-5H2,(H,15,16)(H,17,18). The summed E-state index contributed by atoms with van der Waals surface area (Å²) in [5.41, 5.74) is 1.45. The summed E-state index contributed by atoms with van der Waals surface area (Å²) in [5.74, 6) is -0.117. The van der Waals surface area contributed by atoms with E-state index in [-0.39, 0.29) is 5.91 Å². The van der Waals surface area contributed by atoms with Crippen LogP contribution in [0.3, 0.4) is 0 Å². The number of hydrogen-bond acceptors (Lipinski definition) is 2. The number of aromatic amines is 1. The molecule has 2 N–H and O–H groups in total. The van der Waals surface area contributed by atoms with Crippen LogP contribution in [0.25, 0.3) is 0 Å². The molecular weight excluding hydrogens is 273 g/mol. The van der Waals surface area contributed by atoms with Gasteiger partial charge in [-0.2, -0.15) is 0 Å². The van der Waals surface area contributed by atoms with Crippen LogP contribution >= 0.6 is 23.2 Å². The molecule has 0 saturated carbocycles. The normalized spacial score (nSPS) is 10.3. The summed E-state index contributed by atoms with van der Waals surface area (Å²) in [4.78, 5) is 18.5. The number of carbonyl (C=O) groups is 1. The molecule has 2 aromatic rings. The lowest BCUT2D eigenvalue weighted by Gasteiger charge is -2.07. The molecule has 2 rings (SSSR count). The molecule has 0 fully saturated rings. The molecule has 94 valence electrons. The second-order valence-corrected chi connectivity index (χ2v) is 4.51. The van der Waals surface area contributed by atoms with E-state index in [1.54, 1.807) is 30.7 Å². The van der Waals surface area contributed by atoms with Gasteiger partial charge in [-0.15, -0.1) is 0 Å². The predicted molar refractivity (Wildman–Crippen MR) is 72.0 cm³/mol. The maximum atomic E-state index is 11.7. The van der Waals surface area contributed by atoms with Gasteiger partial charge >= 0.3 is 0 Å². The van der Waals surface area contributed by atoms with Crippen LogP contribution in [0, 0.1) is 0 Å². The molecule has 6 heteroatoms. The van der Waals surface area contributed by atoms with Crippen LogP contribution < -0.4 is 5.32 Å². The van der Waals surface area contributed by atoms with Crippen LogP contribution in [0.2, 0.25) is 10.0 Å². The van der Waals surface area contributed by atoms with E-state index in [4.69, 9.17) is 23.2 Å². The molecule has 0 bridgehead atoms. The Morgan fingerprint density at radius 2 is 2.22 bits per heavy atom. The van der Waals surface area contributed by atoms with Crippen molar-refractivity contribution in [2.75, 3.05) is 5.32 Å². The molecule has 0 aliphatic heterocycles. The molecule has 1 heterocycles. The minimum Gasteiger partial charge on any atom is -0.348 e. The largest absolute Gasteiger partial charge is 0.348 e. The van der Waals surface area contributed by atoms with Crippen molar-refractivity contribution >= 4 is 34.8 Å². The molecule has 0 radical (unpaired) electrons. The highest BCUT2D eigenvalue weighted by molar-refractivity contribution is 6.43. The van der Waals surface area contributed by atoms with Crippen molar-refractivity contribution in [3.05, 3.63) is 46.5 Å². The molecule has 0 unspecified atom stereocenters. The van der Waals surface area contributed by atoms with Crippen molar-refractivity contribution in [1.29, 1.82) is 0 Å². The van der Waals surface area contributed by atoms with Crippen LogP contribution in [-0.2, 0) is 11.2 Å². The highest BCUT2D eigenvalue weighted by Crippen LogP contribution is 2.29. The Balaban J connectivity index is 1.93. The van der Waals surface area contributed by atoms with E-state index in [0.29, 0.717) is 28.6 Å². The molecule has 4 nitrogen and oxygen atoms in total. The number of anilines is 1. The Labute approximate surface area is 114 Å². The summed E-state index contributed by atoms with van der Waals surface area (Å²) in [6, 6.07) is 5.12. The molecule has 0 aliphatic rings. The smallest absolute Gasteiger partial charge is 0.224 e. The Hall–Kier alpha value is -1.52. The molecule has 0 saturated heterocycles. The average molecular weight is 284 g/mol. The van der Waals surface area contributed by atoms with Gasteiger partial charge in [0.15, 0.2) is 0 Å².